The van der Waals surface area contributed by atoms with E-state index >= 15 is 0 Å². The summed E-state index contributed by atoms with van der Waals surface area (Å²) in [5, 5.41) is 6.95. The molecule has 20 heavy (non-hydrogen) atoms. The lowest BCUT2D eigenvalue weighted by molar-refractivity contribution is -0.122. The Morgan fingerprint density at radius 3 is 2.75 bits per heavy atom. The van der Waals surface area contributed by atoms with Crippen LogP contribution in [0.5, 0.6) is 0 Å². The second kappa shape index (κ2) is 6.86. The molecule has 2 rings (SSSR count). The lowest BCUT2D eigenvalue weighted by Crippen LogP contribution is -2.42. The average Bonchev–Trinajstić information content (AvgIpc) is 2.85. The van der Waals surface area contributed by atoms with Crippen molar-refractivity contribution < 1.29 is 4.79 Å². The molecule has 0 unspecified atom stereocenters. The number of rotatable bonds is 6. The quantitative estimate of drug-likeness (QED) is 0.811. The van der Waals surface area contributed by atoms with Crippen molar-refractivity contribution in [1.29, 1.82) is 0 Å². The van der Waals surface area contributed by atoms with Crippen molar-refractivity contribution in [1.82, 2.24) is 15.1 Å². The van der Waals surface area contributed by atoms with Gasteiger partial charge in [0.2, 0.25) is 5.91 Å². The standard InChI is InChI=1S/C15H20N4O/c1-19-13(8-10-18-19)7-9-17-15(20)14(16)11-12-5-3-2-4-6-12/h2-6,8,10,14H,7,9,11,16H2,1H3,(H,17,20)/t14-/m0/s1. The lowest BCUT2D eigenvalue weighted by atomic mass is 10.1. The summed E-state index contributed by atoms with van der Waals surface area (Å²) >= 11 is 0. The van der Waals surface area contributed by atoms with Crippen molar-refractivity contribution in [2.75, 3.05) is 6.54 Å². The van der Waals surface area contributed by atoms with Gasteiger partial charge in [0.1, 0.15) is 0 Å². The number of amides is 1. The van der Waals surface area contributed by atoms with Crippen LogP contribution in [0.2, 0.25) is 0 Å². The van der Waals surface area contributed by atoms with Crippen LogP contribution in [-0.4, -0.2) is 28.3 Å². The first kappa shape index (κ1) is 14.3. The molecule has 2 aromatic rings. The van der Waals surface area contributed by atoms with Crippen molar-refractivity contribution in [3.63, 3.8) is 0 Å². The molecule has 1 atom stereocenters. The fourth-order valence-electron chi connectivity index (χ4n) is 2.05. The molecule has 1 heterocycles. The lowest BCUT2D eigenvalue weighted by Gasteiger charge is -2.12. The van der Waals surface area contributed by atoms with Crippen LogP contribution >= 0.6 is 0 Å². The van der Waals surface area contributed by atoms with Crippen LogP contribution in [0.25, 0.3) is 0 Å². The molecule has 0 saturated carbocycles. The molecule has 0 radical (unpaired) electrons. The maximum absolute atomic E-state index is 11.9. The Labute approximate surface area is 118 Å². The zero-order valence-electron chi connectivity index (χ0n) is 11.6. The molecule has 0 spiro atoms. The van der Waals surface area contributed by atoms with Gasteiger partial charge in [-0.15, -0.1) is 0 Å². The minimum absolute atomic E-state index is 0.115. The molecule has 0 aliphatic heterocycles. The van der Waals surface area contributed by atoms with Gasteiger partial charge in [-0.3, -0.25) is 9.48 Å². The molecule has 3 N–H and O–H groups in total. The summed E-state index contributed by atoms with van der Waals surface area (Å²) in [5.41, 5.74) is 8.07. The minimum Gasteiger partial charge on any atom is -0.354 e. The fourth-order valence-corrected chi connectivity index (χ4v) is 2.05. The predicted octanol–water partition coefficient (Wildman–Crippen LogP) is 0.649. The van der Waals surface area contributed by atoms with E-state index in [-0.39, 0.29) is 5.91 Å². The highest BCUT2D eigenvalue weighted by atomic mass is 16.2. The molecule has 0 aliphatic rings. The largest absolute Gasteiger partial charge is 0.354 e. The number of nitrogens with two attached hydrogens (primary N) is 1. The van der Waals surface area contributed by atoms with E-state index in [0.29, 0.717) is 13.0 Å². The topological polar surface area (TPSA) is 72.9 Å². The number of benzene rings is 1. The number of carbonyl (C=O) groups is 1. The normalized spacial score (nSPS) is 12.1. The monoisotopic (exact) mass is 272 g/mol. The summed E-state index contributed by atoms with van der Waals surface area (Å²) in [6.07, 6.45) is 3.05. The van der Waals surface area contributed by atoms with E-state index in [2.05, 4.69) is 10.4 Å². The third-order valence-corrected chi connectivity index (χ3v) is 3.24. The van der Waals surface area contributed by atoms with Gasteiger partial charge in [-0.05, 0) is 18.1 Å². The summed E-state index contributed by atoms with van der Waals surface area (Å²) < 4.78 is 1.80. The van der Waals surface area contributed by atoms with Crippen molar-refractivity contribution in [3.8, 4) is 0 Å². The van der Waals surface area contributed by atoms with Crippen LogP contribution in [0.3, 0.4) is 0 Å². The molecular weight excluding hydrogens is 252 g/mol. The van der Waals surface area contributed by atoms with Crippen LogP contribution in [0, 0.1) is 0 Å². The van der Waals surface area contributed by atoms with Crippen LogP contribution in [0.4, 0.5) is 0 Å². The van der Waals surface area contributed by atoms with Gasteiger partial charge in [0.25, 0.3) is 0 Å². The third-order valence-electron chi connectivity index (χ3n) is 3.24. The second-order valence-corrected chi connectivity index (χ2v) is 4.78. The second-order valence-electron chi connectivity index (χ2n) is 4.78. The van der Waals surface area contributed by atoms with E-state index in [0.717, 1.165) is 17.7 Å². The van der Waals surface area contributed by atoms with E-state index in [4.69, 9.17) is 5.73 Å². The summed E-state index contributed by atoms with van der Waals surface area (Å²) in [6, 6.07) is 11.2. The average molecular weight is 272 g/mol. The van der Waals surface area contributed by atoms with Gasteiger partial charge < -0.3 is 11.1 Å². The van der Waals surface area contributed by atoms with Crippen molar-refractivity contribution in [3.05, 3.63) is 53.9 Å². The molecule has 0 fully saturated rings. The predicted molar refractivity (Wildman–Crippen MR) is 78.0 cm³/mol. The molecular formula is C15H20N4O. The zero-order valence-corrected chi connectivity index (χ0v) is 11.6. The summed E-state index contributed by atoms with van der Waals surface area (Å²) in [4.78, 5) is 11.9. The first-order valence-corrected chi connectivity index (χ1v) is 6.71. The summed E-state index contributed by atoms with van der Waals surface area (Å²) in [5.74, 6) is -0.115. The maximum Gasteiger partial charge on any atom is 0.237 e. The number of hydrogen-bond donors (Lipinski definition) is 2. The molecule has 0 saturated heterocycles. The first-order valence-electron chi connectivity index (χ1n) is 6.71. The van der Waals surface area contributed by atoms with Gasteiger partial charge >= 0.3 is 0 Å². The van der Waals surface area contributed by atoms with Crippen molar-refractivity contribution >= 4 is 5.91 Å². The van der Waals surface area contributed by atoms with E-state index in [1.807, 2.05) is 43.4 Å². The Balaban J connectivity index is 1.76. The SMILES string of the molecule is Cn1nccc1CCNC(=O)[C@@H](N)Cc1ccccc1. The van der Waals surface area contributed by atoms with E-state index in [9.17, 15) is 4.79 Å². The fraction of sp³-hybridized carbons (Fsp3) is 0.333. The Bertz CT molecular complexity index is 550. The molecule has 0 aliphatic carbocycles. The Morgan fingerprint density at radius 2 is 2.10 bits per heavy atom. The van der Waals surface area contributed by atoms with Crippen LogP contribution in [-0.2, 0) is 24.7 Å². The van der Waals surface area contributed by atoms with Crippen molar-refractivity contribution in [2.24, 2.45) is 12.8 Å². The molecule has 0 bridgehead atoms. The van der Waals surface area contributed by atoms with Gasteiger partial charge in [0.05, 0.1) is 6.04 Å². The zero-order chi connectivity index (χ0) is 14.4. The van der Waals surface area contributed by atoms with Crippen molar-refractivity contribution in [2.45, 2.75) is 18.9 Å². The molecule has 5 nitrogen and oxygen atoms in total. The molecule has 1 amide bonds. The molecule has 1 aromatic heterocycles. The van der Waals surface area contributed by atoms with E-state index in [1.165, 1.54) is 0 Å². The molecule has 5 heteroatoms. The third kappa shape index (κ3) is 3.93. The van der Waals surface area contributed by atoms with Gasteiger partial charge in [-0.25, -0.2) is 0 Å². The van der Waals surface area contributed by atoms with Gasteiger partial charge in [0.15, 0.2) is 0 Å². The van der Waals surface area contributed by atoms with E-state index < -0.39 is 6.04 Å². The number of aryl methyl sites for hydroxylation is 1. The number of nitrogens with one attached hydrogen (secondary N) is 1. The Kier molecular flexibility index (Phi) is 4.90. The highest BCUT2D eigenvalue weighted by Gasteiger charge is 2.13. The maximum atomic E-state index is 11.9. The van der Waals surface area contributed by atoms with Crippen LogP contribution in [0.1, 0.15) is 11.3 Å². The smallest absolute Gasteiger partial charge is 0.237 e. The minimum atomic E-state index is -0.510. The van der Waals surface area contributed by atoms with Gasteiger partial charge in [-0.2, -0.15) is 5.10 Å². The van der Waals surface area contributed by atoms with E-state index in [1.54, 1.807) is 10.9 Å². The number of carbonyl (C=O) groups excluding carboxylic acids is 1. The highest BCUT2D eigenvalue weighted by molar-refractivity contribution is 5.81. The highest BCUT2D eigenvalue weighted by Crippen LogP contribution is 2.02. The number of nitrogens with zero attached hydrogens (tertiary/aromatic N) is 2. The first-order chi connectivity index (χ1) is 9.66. The number of hydrogen-bond acceptors (Lipinski definition) is 3. The molecule has 106 valence electrons. The van der Waals surface area contributed by atoms with Gasteiger partial charge in [-0.1, -0.05) is 30.3 Å². The Hall–Kier alpha value is -2.14. The summed E-state index contributed by atoms with van der Waals surface area (Å²) in [7, 11) is 1.89. The van der Waals surface area contributed by atoms with Gasteiger partial charge in [0, 0.05) is 31.9 Å². The van der Waals surface area contributed by atoms with Crippen LogP contribution < -0.4 is 11.1 Å². The van der Waals surface area contributed by atoms with Crippen LogP contribution in [0.15, 0.2) is 42.6 Å². The summed E-state index contributed by atoms with van der Waals surface area (Å²) in [6.45, 7) is 0.570. The molecule has 1 aromatic carbocycles. The number of aromatic nitrogens is 2. The Morgan fingerprint density at radius 1 is 1.35 bits per heavy atom.